The molecule has 2 aliphatic rings. The van der Waals surface area contributed by atoms with Crippen molar-refractivity contribution in [3.05, 3.63) is 58.9 Å². The van der Waals surface area contributed by atoms with E-state index in [9.17, 15) is 18.0 Å². The zero-order valence-electron chi connectivity index (χ0n) is 25.9. The van der Waals surface area contributed by atoms with Crippen molar-refractivity contribution in [2.45, 2.75) is 46.0 Å². The molecule has 1 saturated heterocycles. The number of methoxy groups -OCH3 is 1. The molecule has 2 aliphatic heterocycles. The van der Waals surface area contributed by atoms with Gasteiger partial charge in [0.05, 0.1) is 36.6 Å². The number of sulfonamides is 1. The summed E-state index contributed by atoms with van der Waals surface area (Å²) in [5.41, 5.74) is 9.20. The van der Waals surface area contributed by atoms with E-state index >= 15 is 0 Å². The normalized spacial score (nSPS) is 17.6. The van der Waals surface area contributed by atoms with Gasteiger partial charge in [0.25, 0.3) is 11.8 Å². The van der Waals surface area contributed by atoms with E-state index < -0.39 is 15.9 Å². The zero-order valence-corrected chi connectivity index (χ0v) is 26.7. The number of nitrogens with one attached hydrogen (secondary N) is 5. The number of amides is 2. The number of carbonyl (C=O) groups excluding carboxylic acids is 2. The molecule has 5 N–H and O–H groups in total. The summed E-state index contributed by atoms with van der Waals surface area (Å²) in [6.07, 6.45) is 4.94. The van der Waals surface area contributed by atoms with Crippen LogP contribution < -0.4 is 36.1 Å². The summed E-state index contributed by atoms with van der Waals surface area (Å²) in [6, 6.07) is 8.72. The lowest BCUT2D eigenvalue weighted by Crippen LogP contribution is -2.42. The van der Waals surface area contributed by atoms with Crippen molar-refractivity contribution in [1.82, 2.24) is 21.2 Å². The van der Waals surface area contributed by atoms with Gasteiger partial charge in [0.15, 0.2) is 5.75 Å². The number of likely N-dealkylation sites (tertiary alicyclic amines) is 1. The van der Waals surface area contributed by atoms with Gasteiger partial charge in [-0.25, -0.2) is 8.42 Å². The Morgan fingerprint density at radius 2 is 1.84 bits per heavy atom. The van der Waals surface area contributed by atoms with Crippen LogP contribution in [0.4, 0.5) is 17.1 Å². The summed E-state index contributed by atoms with van der Waals surface area (Å²) in [7, 11) is -0.0955. The molecule has 0 saturated carbocycles. The number of nitrogens with zero attached hydrogens (tertiary/aromatic N) is 2. The van der Waals surface area contributed by atoms with Crippen molar-refractivity contribution >= 4 is 38.9 Å². The third-order valence-electron chi connectivity index (χ3n) is 7.52. The molecule has 0 bridgehead atoms. The lowest BCUT2D eigenvalue weighted by molar-refractivity contribution is -0.118. The molecule has 12 nitrogen and oxygen atoms in total. The highest BCUT2D eigenvalue weighted by molar-refractivity contribution is 7.92. The number of anilines is 3. The van der Waals surface area contributed by atoms with Crippen molar-refractivity contribution in [2.75, 3.05) is 55.1 Å². The van der Waals surface area contributed by atoms with Gasteiger partial charge in [0.2, 0.25) is 10.0 Å². The number of benzene rings is 2. The van der Waals surface area contributed by atoms with Crippen LogP contribution in [-0.2, 0) is 20.2 Å². The minimum atomic E-state index is -3.61. The Kier molecular flexibility index (Phi) is 9.57. The van der Waals surface area contributed by atoms with Gasteiger partial charge in [-0.2, -0.15) is 0 Å². The molecule has 1 atom stereocenters. The summed E-state index contributed by atoms with van der Waals surface area (Å²) in [5.74, 6) is -0.00305. The molecule has 2 aromatic carbocycles. The van der Waals surface area contributed by atoms with Gasteiger partial charge in [-0.05, 0) is 80.1 Å². The minimum Gasteiger partial charge on any atom is -0.492 e. The van der Waals surface area contributed by atoms with Crippen LogP contribution in [0.25, 0.3) is 0 Å². The van der Waals surface area contributed by atoms with Gasteiger partial charge in [-0.15, -0.1) is 5.53 Å². The van der Waals surface area contributed by atoms with Crippen molar-refractivity contribution < 1.29 is 22.7 Å². The summed E-state index contributed by atoms with van der Waals surface area (Å²) >= 11 is 0. The van der Waals surface area contributed by atoms with Gasteiger partial charge in [-0.1, -0.05) is 26.8 Å². The summed E-state index contributed by atoms with van der Waals surface area (Å²) in [4.78, 5) is 28.6. The molecule has 234 valence electrons. The summed E-state index contributed by atoms with van der Waals surface area (Å²) < 4.78 is 32.2. The van der Waals surface area contributed by atoms with E-state index in [1.807, 2.05) is 33.8 Å². The van der Waals surface area contributed by atoms with E-state index in [4.69, 9.17) is 4.74 Å². The van der Waals surface area contributed by atoms with Crippen LogP contribution in [0.3, 0.4) is 0 Å². The Hall–Kier alpha value is -3.81. The quantitative estimate of drug-likeness (QED) is 0.288. The van der Waals surface area contributed by atoms with E-state index in [0.717, 1.165) is 43.3 Å². The second kappa shape index (κ2) is 12.8. The number of carbonyl (C=O) groups is 2. The standard InChI is InChI=1S/C30H43N7O5S/c1-19-10-11-21(13-26(19)37-18-25(33-35-37)29(39)31-16-20-9-8-12-36(5)17-20)28(38)32-23-14-22(30(2,3)4)15-24(27(23)42-6)34-43(7,40)41/h10-11,13-15,18,20,33-35H,8-9,12,16-17H2,1-7H3,(H,31,39)(H,32,38). The number of ether oxygens (including phenoxy) is 1. The van der Waals surface area contributed by atoms with E-state index in [-0.39, 0.29) is 22.8 Å². The van der Waals surface area contributed by atoms with Gasteiger partial charge in [0, 0.05) is 18.7 Å². The maximum Gasteiger partial charge on any atom is 0.270 e. The number of rotatable bonds is 9. The number of hydrogen-bond donors (Lipinski definition) is 5. The molecule has 4 rings (SSSR count). The first-order valence-electron chi connectivity index (χ1n) is 14.3. The lowest BCUT2D eigenvalue weighted by atomic mass is 9.86. The second-order valence-corrected chi connectivity index (χ2v) is 14.1. The average Bonchev–Trinajstić information content (AvgIpc) is 3.41. The lowest BCUT2D eigenvalue weighted by Gasteiger charge is -2.29. The third kappa shape index (κ3) is 8.18. The Balaban J connectivity index is 1.54. The van der Waals surface area contributed by atoms with Crippen molar-refractivity contribution in [2.24, 2.45) is 5.92 Å². The van der Waals surface area contributed by atoms with E-state index in [1.165, 1.54) is 7.11 Å². The van der Waals surface area contributed by atoms with Crippen molar-refractivity contribution in [3.63, 3.8) is 0 Å². The highest BCUT2D eigenvalue weighted by atomic mass is 32.2. The van der Waals surface area contributed by atoms with Crippen LogP contribution in [0.5, 0.6) is 5.75 Å². The third-order valence-corrected chi connectivity index (χ3v) is 8.11. The number of piperidine rings is 1. The zero-order chi connectivity index (χ0) is 31.5. The molecule has 2 heterocycles. The molecule has 0 aliphatic carbocycles. The first-order valence-corrected chi connectivity index (χ1v) is 16.2. The Morgan fingerprint density at radius 1 is 1.12 bits per heavy atom. The number of hydrogen-bond acceptors (Lipinski definition) is 9. The predicted molar refractivity (Wildman–Crippen MR) is 169 cm³/mol. The topological polar surface area (TPSA) is 144 Å². The molecule has 1 unspecified atom stereocenters. The monoisotopic (exact) mass is 613 g/mol. The molecular formula is C30H43N7O5S. The van der Waals surface area contributed by atoms with Crippen molar-refractivity contribution in [3.8, 4) is 5.75 Å². The Bertz CT molecular complexity index is 1520. The molecule has 2 aromatic rings. The van der Waals surface area contributed by atoms with E-state index in [0.29, 0.717) is 35.1 Å². The Morgan fingerprint density at radius 3 is 2.49 bits per heavy atom. The van der Waals surface area contributed by atoms with Crippen LogP contribution in [0.2, 0.25) is 0 Å². The van der Waals surface area contributed by atoms with E-state index in [2.05, 4.69) is 38.3 Å². The fourth-order valence-corrected chi connectivity index (χ4v) is 5.74. The van der Waals surface area contributed by atoms with Gasteiger partial charge < -0.3 is 20.3 Å². The van der Waals surface area contributed by atoms with Crippen LogP contribution in [0.1, 0.15) is 55.1 Å². The molecule has 2 amide bonds. The first-order chi connectivity index (χ1) is 20.1. The van der Waals surface area contributed by atoms with Gasteiger partial charge in [0.1, 0.15) is 5.70 Å². The SMILES string of the molecule is COc1c(NC(=O)c2ccc(C)c(N3C=C(C(=O)NCC4CCCN(C)C4)NN3)c2)cc(C(C)(C)C)cc1NS(C)(=O)=O. The largest absolute Gasteiger partial charge is 0.492 e. The summed E-state index contributed by atoms with van der Waals surface area (Å²) in [6.45, 7) is 10.5. The highest BCUT2D eigenvalue weighted by Crippen LogP contribution is 2.39. The first kappa shape index (κ1) is 32.1. The predicted octanol–water partition coefficient (Wildman–Crippen LogP) is 3.05. The van der Waals surface area contributed by atoms with E-state index in [1.54, 1.807) is 35.5 Å². The average molecular weight is 614 g/mol. The summed E-state index contributed by atoms with van der Waals surface area (Å²) in [5, 5.41) is 7.57. The van der Waals surface area contributed by atoms with Crippen LogP contribution in [0.15, 0.2) is 42.2 Å². The molecule has 0 spiro atoms. The fraction of sp³-hybridized carbons (Fsp3) is 0.467. The highest BCUT2D eigenvalue weighted by Gasteiger charge is 2.25. The second-order valence-electron chi connectivity index (χ2n) is 12.3. The van der Waals surface area contributed by atoms with Gasteiger partial charge >= 0.3 is 0 Å². The molecule has 1 fully saturated rings. The van der Waals surface area contributed by atoms with Gasteiger partial charge in [-0.3, -0.25) is 24.7 Å². The molecule has 13 heteroatoms. The van der Waals surface area contributed by atoms with Crippen LogP contribution in [0, 0.1) is 12.8 Å². The molecular weight excluding hydrogens is 570 g/mol. The number of aryl methyl sites for hydroxylation is 1. The van der Waals surface area contributed by atoms with Crippen LogP contribution >= 0.6 is 0 Å². The smallest absolute Gasteiger partial charge is 0.270 e. The Labute approximate surface area is 254 Å². The maximum atomic E-state index is 13.5. The molecule has 0 radical (unpaired) electrons. The van der Waals surface area contributed by atoms with Crippen LogP contribution in [-0.4, -0.2) is 65.2 Å². The fourth-order valence-electron chi connectivity index (χ4n) is 5.19. The molecule has 43 heavy (non-hydrogen) atoms. The maximum absolute atomic E-state index is 13.5. The number of hydrazine groups is 2. The minimum absolute atomic E-state index is 0.197. The molecule has 0 aromatic heterocycles. The van der Waals surface area contributed by atoms with Crippen molar-refractivity contribution in [1.29, 1.82) is 0 Å².